The molecular weight excluding hydrogens is 416 g/mol. The number of benzene rings is 2. The molecule has 1 saturated carbocycles. The van der Waals surface area contributed by atoms with Crippen molar-refractivity contribution in [1.82, 2.24) is 4.90 Å². The summed E-state index contributed by atoms with van der Waals surface area (Å²) in [7, 11) is 1.76. The molecule has 174 valence electrons. The Morgan fingerprint density at radius 1 is 1.06 bits per heavy atom. The van der Waals surface area contributed by atoms with Crippen LogP contribution in [0.2, 0.25) is 0 Å². The van der Waals surface area contributed by atoms with E-state index in [1.54, 1.807) is 12.0 Å². The second kappa shape index (κ2) is 9.57. The van der Waals surface area contributed by atoms with Gasteiger partial charge < -0.3 is 19.1 Å². The molecule has 2 aliphatic heterocycles. The Balaban J connectivity index is 1.17. The number of amides is 1. The molecule has 2 heterocycles. The number of likely N-dealkylation sites (tertiary alicyclic amines) is 1. The summed E-state index contributed by atoms with van der Waals surface area (Å²) in [5.74, 6) is 2.58. The lowest BCUT2D eigenvalue weighted by Gasteiger charge is -2.37. The SMILES string of the molecule is CCc1cc(N2CC=C(Oc3ccc(C4CC4)cc3)C2=O)ccc1OCCN1CC(OC)C1. The van der Waals surface area contributed by atoms with Crippen molar-refractivity contribution in [1.29, 1.82) is 0 Å². The van der Waals surface area contributed by atoms with Gasteiger partial charge in [0.15, 0.2) is 5.76 Å². The number of methoxy groups -OCH3 is 1. The van der Waals surface area contributed by atoms with Gasteiger partial charge in [-0.1, -0.05) is 19.1 Å². The third-order valence-electron chi connectivity index (χ3n) is 6.73. The van der Waals surface area contributed by atoms with Gasteiger partial charge in [-0.2, -0.15) is 0 Å². The monoisotopic (exact) mass is 448 g/mol. The van der Waals surface area contributed by atoms with Crippen molar-refractivity contribution in [3.63, 3.8) is 0 Å². The van der Waals surface area contributed by atoms with Crippen LogP contribution in [0.1, 0.15) is 36.8 Å². The van der Waals surface area contributed by atoms with Crippen molar-refractivity contribution in [3.8, 4) is 11.5 Å². The second-order valence-corrected chi connectivity index (χ2v) is 9.04. The van der Waals surface area contributed by atoms with Crippen molar-refractivity contribution < 1.29 is 19.0 Å². The van der Waals surface area contributed by atoms with Crippen LogP contribution in [0.5, 0.6) is 11.5 Å². The first-order chi connectivity index (χ1) is 16.1. The lowest BCUT2D eigenvalue weighted by atomic mass is 10.1. The van der Waals surface area contributed by atoms with Gasteiger partial charge >= 0.3 is 0 Å². The van der Waals surface area contributed by atoms with E-state index in [0.29, 0.717) is 36.7 Å². The van der Waals surface area contributed by atoms with E-state index in [9.17, 15) is 4.79 Å². The molecule has 0 N–H and O–H groups in total. The minimum Gasteiger partial charge on any atom is -0.492 e. The van der Waals surface area contributed by atoms with Crippen LogP contribution in [0, 0.1) is 0 Å². The number of hydrogen-bond donors (Lipinski definition) is 0. The average molecular weight is 449 g/mol. The Labute approximate surface area is 195 Å². The number of carbonyl (C=O) groups excluding carboxylic acids is 1. The van der Waals surface area contributed by atoms with Gasteiger partial charge in [-0.15, -0.1) is 0 Å². The van der Waals surface area contributed by atoms with Gasteiger partial charge in [0.1, 0.15) is 18.1 Å². The number of carbonyl (C=O) groups is 1. The maximum Gasteiger partial charge on any atom is 0.294 e. The molecule has 2 fully saturated rings. The van der Waals surface area contributed by atoms with Gasteiger partial charge in [0.2, 0.25) is 0 Å². The van der Waals surface area contributed by atoms with Crippen molar-refractivity contribution in [2.45, 2.75) is 38.2 Å². The summed E-state index contributed by atoms with van der Waals surface area (Å²) in [5, 5.41) is 0. The third kappa shape index (κ3) is 4.92. The van der Waals surface area contributed by atoms with Crippen LogP contribution in [0.3, 0.4) is 0 Å². The maximum atomic E-state index is 13.0. The minimum absolute atomic E-state index is 0.109. The molecule has 0 atom stereocenters. The second-order valence-electron chi connectivity index (χ2n) is 9.04. The van der Waals surface area contributed by atoms with Crippen molar-refractivity contribution in [2.24, 2.45) is 0 Å². The highest BCUT2D eigenvalue weighted by Gasteiger charge is 2.29. The molecule has 1 saturated heterocycles. The fourth-order valence-corrected chi connectivity index (χ4v) is 4.43. The van der Waals surface area contributed by atoms with Crippen LogP contribution >= 0.6 is 0 Å². The van der Waals surface area contributed by atoms with Crippen LogP contribution in [0.25, 0.3) is 0 Å². The van der Waals surface area contributed by atoms with E-state index in [4.69, 9.17) is 14.2 Å². The number of nitrogens with zero attached hydrogens (tertiary/aromatic N) is 2. The first-order valence-corrected chi connectivity index (χ1v) is 11.9. The highest BCUT2D eigenvalue weighted by atomic mass is 16.5. The number of anilines is 1. The molecule has 0 spiro atoms. The Hall–Kier alpha value is -2.83. The topological polar surface area (TPSA) is 51.2 Å². The van der Waals surface area contributed by atoms with Crippen LogP contribution in [-0.4, -0.2) is 56.8 Å². The van der Waals surface area contributed by atoms with Gasteiger partial charge in [0.25, 0.3) is 5.91 Å². The lowest BCUT2D eigenvalue weighted by Crippen LogP contribution is -2.52. The Morgan fingerprint density at radius 3 is 2.55 bits per heavy atom. The average Bonchev–Trinajstić information content (AvgIpc) is 3.60. The summed E-state index contributed by atoms with van der Waals surface area (Å²) in [6, 6.07) is 14.1. The molecule has 1 amide bonds. The van der Waals surface area contributed by atoms with E-state index in [-0.39, 0.29) is 5.91 Å². The predicted octanol–water partition coefficient (Wildman–Crippen LogP) is 4.15. The molecule has 3 aliphatic rings. The predicted molar refractivity (Wildman–Crippen MR) is 128 cm³/mol. The molecule has 6 heteroatoms. The summed E-state index contributed by atoms with van der Waals surface area (Å²) in [5.41, 5.74) is 3.33. The molecule has 2 aromatic carbocycles. The summed E-state index contributed by atoms with van der Waals surface area (Å²) < 4.78 is 17.3. The zero-order chi connectivity index (χ0) is 22.8. The summed E-state index contributed by atoms with van der Waals surface area (Å²) >= 11 is 0. The Kier molecular flexibility index (Phi) is 6.38. The third-order valence-corrected chi connectivity index (χ3v) is 6.73. The van der Waals surface area contributed by atoms with E-state index in [0.717, 1.165) is 43.1 Å². The summed E-state index contributed by atoms with van der Waals surface area (Å²) in [6.45, 7) is 6.09. The molecule has 0 unspecified atom stereocenters. The number of hydrogen-bond acceptors (Lipinski definition) is 5. The molecule has 33 heavy (non-hydrogen) atoms. The van der Waals surface area contributed by atoms with Crippen molar-refractivity contribution in [3.05, 3.63) is 65.4 Å². The number of rotatable bonds is 10. The zero-order valence-electron chi connectivity index (χ0n) is 19.5. The van der Waals surface area contributed by atoms with E-state index >= 15 is 0 Å². The summed E-state index contributed by atoms with van der Waals surface area (Å²) in [6.07, 6.45) is 5.60. The fraction of sp³-hybridized carbons (Fsp3) is 0.444. The Morgan fingerprint density at radius 2 is 1.85 bits per heavy atom. The van der Waals surface area contributed by atoms with E-state index in [1.807, 2.05) is 30.3 Å². The standard InChI is InChI=1S/C27H32N2O4/c1-3-19-16-22(8-11-25(19)32-15-14-28-17-24(18-28)31-2)29-13-12-26(27(29)30)33-23-9-6-21(7-10-23)20-4-5-20/h6-12,16,20,24H,3-5,13-15,17-18H2,1-2H3. The van der Waals surface area contributed by atoms with Gasteiger partial charge in [0, 0.05) is 39.0 Å². The quantitative estimate of drug-likeness (QED) is 0.547. The van der Waals surface area contributed by atoms with Gasteiger partial charge in [-0.3, -0.25) is 9.69 Å². The van der Waals surface area contributed by atoms with E-state index < -0.39 is 0 Å². The van der Waals surface area contributed by atoms with E-state index in [2.05, 4.69) is 30.0 Å². The van der Waals surface area contributed by atoms with Crippen molar-refractivity contribution >= 4 is 11.6 Å². The molecule has 6 nitrogen and oxygen atoms in total. The lowest BCUT2D eigenvalue weighted by molar-refractivity contribution is -0.116. The summed E-state index contributed by atoms with van der Waals surface area (Å²) in [4.78, 5) is 17.1. The molecule has 2 aromatic rings. The number of aryl methyl sites for hydroxylation is 1. The highest BCUT2D eigenvalue weighted by Crippen LogP contribution is 2.40. The molecule has 0 radical (unpaired) electrons. The normalized spacial score (nSPS) is 18.9. The van der Waals surface area contributed by atoms with E-state index in [1.165, 1.54) is 18.4 Å². The van der Waals surface area contributed by atoms with Crippen LogP contribution in [-0.2, 0) is 16.0 Å². The molecule has 0 bridgehead atoms. The minimum atomic E-state index is -0.109. The smallest absolute Gasteiger partial charge is 0.294 e. The maximum absolute atomic E-state index is 13.0. The Bertz CT molecular complexity index is 1020. The number of ether oxygens (including phenoxy) is 3. The molecular formula is C27H32N2O4. The van der Waals surface area contributed by atoms with Crippen LogP contribution in [0.15, 0.2) is 54.3 Å². The first-order valence-electron chi connectivity index (χ1n) is 11.9. The highest BCUT2D eigenvalue weighted by molar-refractivity contribution is 6.07. The van der Waals surface area contributed by atoms with Crippen LogP contribution < -0.4 is 14.4 Å². The molecule has 5 rings (SSSR count). The first kappa shape index (κ1) is 22.0. The molecule has 1 aliphatic carbocycles. The zero-order valence-corrected chi connectivity index (χ0v) is 19.5. The van der Waals surface area contributed by atoms with Gasteiger partial charge in [0.05, 0.1) is 6.10 Å². The van der Waals surface area contributed by atoms with Gasteiger partial charge in [-0.05, 0) is 72.7 Å². The van der Waals surface area contributed by atoms with Gasteiger partial charge in [-0.25, -0.2) is 0 Å². The van der Waals surface area contributed by atoms with Crippen molar-refractivity contribution in [2.75, 3.05) is 44.8 Å². The molecule has 0 aromatic heterocycles. The van der Waals surface area contributed by atoms with Crippen LogP contribution in [0.4, 0.5) is 5.69 Å². The fourth-order valence-electron chi connectivity index (χ4n) is 4.43. The largest absolute Gasteiger partial charge is 0.492 e.